The fourth-order valence-electron chi connectivity index (χ4n) is 1.09. The van der Waals surface area contributed by atoms with Gasteiger partial charge in [-0.1, -0.05) is 28.1 Å². The van der Waals surface area contributed by atoms with Gasteiger partial charge < -0.3 is 9.84 Å². The molecular weight excluding hydrogens is 260 g/mol. The van der Waals surface area contributed by atoms with Gasteiger partial charge in [0.1, 0.15) is 5.75 Å². The lowest BCUT2D eigenvalue weighted by Crippen LogP contribution is -2.02. The number of aliphatic hydroxyl groups is 1. The molecule has 0 aliphatic carbocycles. The summed E-state index contributed by atoms with van der Waals surface area (Å²) in [7, 11) is 0. The molecule has 0 bridgehead atoms. The highest BCUT2D eigenvalue weighted by molar-refractivity contribution is 9.09. The normalized spacial score (nSPS) is 10.0. The van der Waals surface area contributed by atoms with Crippen molar-refractivity contribution in [3.63, 3.8) is 0 Å². The Bertz CT molecular complexity index is 325. The van der Waals surface area contributed by atoms with Crippen LogP contribution < -0.4 is 4.74 Å². The van der Waals surface area contributed by atoms with Gasteiger partial charge in [-0.3, -0.25) is 4.79 Å². The van der Waals surface area contributed by atoms with Gasteiger partial charge in [0.2, 0.25) is 0 Å². The Kier molecular flexibility index (Phi) is 5.36. The smallest absolute Gasteiger partial charge is 0.173 e. The molecule has 1 aromatic carbocycles. The average Bonchev–Trinajstić information content (AvgIpc) is 2.29. The third-order valence-corrected chi connectivity index (χ3v) is 2.36. The number of halogens is 1. The van der Waals surface area contributed by atoms with Crippen molar-refractivity contribution in [2.24, 2.45) is 0 Å². The highest BCUT2D eigenvalue weighted by atomic mass is 79.9. The molecule has 1 rings (SSSR count). The van der Waals surface area contributed by atoms with E-state index in [4.69, 9.17) is 9.84 Å². The predicted molar refractivity (Wildman–Crippen MR) is 61.8 cm³/mol. The second-order valence-corrected chi connectivity index (χ2v) is 3.57. The lowest BCUT2D eigenvalue weighted by molar-refractivity contribution is 0.102. The number of hydrogen-bond donors (Lipinski definition) is 1. The maximum atomic E-state index is 11.4. The van der Waals surface area contributed by atoms with Gasteiger partial charge in [-0.15, -0.1) is 0 Å². The molecule has 0 saturated carbocycles. The summed E-state index contributed by atoms with van der Waals surface area (Å²) in [5, 5.41) is 8.90. The number of carbonyl (C=O) groups excluding carboxylic acids is 1. The van der Waals surface area contributed by atoms with Crippen molar-refractivity contribution in [3.05, 3.63) is 29.8 Å². The summed E-state index contributed by atoms with van der Waals surface area (Å²) in [6.45, 7) is 0.572. The van der Waals surface area contributed by atoms with Gasteiger partial charge >= 0.3 is 0 Å². The van der Waals surface area contributed by atoms with E-state index in [1.54, 1.807) is 24.3 Å². The zero-order valence-electron chi connectivity index (χ0n) is 8.28. The number of Topliss-reactive ketones (excluding diaryl/α,β-unsaturated/α-hetero) is 1. The van der Waals surface area contributed by atoms with E-state index in [1.165, 1.54) is 0 Å². The van der Waals surface area contributed by atoms with E-state index >= 15 is 0 Å². The summed E-state index contributed by atoms with van der Waals surface area (Å²) in [5.74, 6) is 0.692. The van der Waals surface area contributed by atoms with E-state index in [1.807, 2.05) is 0 Å². The lowest BCUT2D eigenvalue weighted by Gasteiger charge is -2.05. The van der Waals surface area contributed by atoms with Crippen LogP contribution in [0.4, 0.5) is 0 Å². The quantitative estimate of drug-likeness (QED) is 0.490. The monoisotopic (exact) mass is 272 g/mol. The molecule has 0 amide bonds. The Labute approximate surface area is 97.2 Å². The Hall–Kier alpha value is -0.870. The van der Waals surface area contributed by atoms with Crippen LogP contribution in [0.2, 0.25) is 0 Å². The minimum Gasteiger partial charge on any atom is -0.493 e. The maximum Gasteiger partial charge on any atom is 0.173 e. The summed E-state index contributed by atoms with van der Waals surface area (Å²) in [4.78, 5) is 11.4. The van der Waals surface area contributed by atoms with E-state index in [0.717, 1.165) is 0 Å². The van der Waals surface area contributed by atoms with Gasteiger partial charge in [-0.2, -0.15) is 0 Å². The van der Waals surface area contributed by atoms with E-state index < -0.39 is 0 Å². The Balaban J connectivity index is 2.62. The zero-order chi connectivity index (χ0) is 11.1. The third-order valence-electron chi connectivity index (χ3n) is 1.85. The van der Waals surface area contributed by atoms with Crippen molar-refractivity contribution < 1.29 is 14.6 Å². The molecule has 3 nitrogen and oxygen atoms in total. The standard InChI is InChI=1S/C11H13BrO3/c12-8-11(14)9-3-1-4-10(7-9)15-6-2-5-13/h1,3-4,7,13H,2,5-6,8H2. The predicted octanol–water partition coefficient (Wildman–Crippen LogP) is 2.03. The van der Waals surface area contributed by atoms with Crippen molar-refractivity contribution in [1.82, 2.24) is 0 Å². The number of aliphatic hydroxyl groups excluding tert-OH is 1. The van der Waals surface area contributed by atoms with Crippen LogP contribution in [-0.2, 0) is 0 Å². The second kappa shape index (κ2) is 6.58. The SMILES string of the molecule is O=C(CBr)c1cccc(OCCCO)c1. The highest BCUT2D eigenvalue weighted by Crippen LogP contribution is 2.14. The number of hydrogen-bond acceptors (Lipinski definition) is 3. The van der Waals surface area contributed by atoms with Crippen LogP contribution in [0.5, 0.6) is 5.75 Å². The minimum absolute atomic E-state index is 0.0302. The molecule has 0 spiro atoms. The number of ketones is 1. The molecule has 0 heterocycles. The molecule has 0 aromatic heterocycles. The Morgan fingerprint density at radius 3 is 2.93 bits per heavy atom. The molecule has 1 aromatic rings. The molecule has 82 valence electrons. The van der Waals surface area contributed by atoms with Crippen LogP contribution in [-0.4, -0.2) is 29.4 Å². The maximum absolute atomic E-state index is 11.4. The summed E-state index contributed by atoms with van der Waals surface area (Å²) < 4.78 is 5.35. The fourth-order valence-corrected chi connectivity index (χ4v) is 1.41. The van der Waals surface area contributed by atoms with Gasteiger partial charge in [-0.25, -0.2) is 0 Å². The van der Waals surface area contributed by atoms with E-state index in [2.05, 4.69) is 15.9 Å². The zero-order valence-corrected chi connectivity index (χ0v) is 9.87. The van der Waals surface area contributed by atoms with Crippen molar-refractivity contribution >= 4 is 21.7 Å². The summed E-state index contributed by atoms with van der Waals surface area (Å²) in [5.41, 5.74) is 0.633. The third kappa shape index (κ3) is 4.01. The summed E-state index contributed by atoms with van der Waals surface area (Å²) >= 11 is 3.12. The number of rotatable bonds is 6. The topological polar surface area (TPSA) is 46.5 Å². The van der Waals surface area contributed by atoms with E-state index in [9.17, 15) is 4.79 Å². The van der Waals surface area contributed by atoms with Crippen LogP contribution in [0.15, 0.2) is 24.3 Å². The van der Waals surface area contributed by atoms with Crippen LogP contribution in [0.1, 0.15) is 16.8 Å². The second-order valence-electron chi connectivity index (χ2n) is 3.01. The van der Waals surface area contributed by atoms with Gasteiger partial charge in [0.25, 0.3) is 0 Å². The van der Waals surface area contributed by atoms with Crippen LogP contribution in [0, 0.1) is 0 Å². The summed E-state index contributed by atoms with van der Waals surface area (Å²) in [6.07, 6.45) is 0.594. The molecule has 0 atom stereocenters. The lowest BCUT2D eigenvalue weighted by atomic mass is 10.1. The molecular formula is C11H13BrO3. The number of benzene rings is 1. The number of alkyl halides is 1. The van der Waals surface area contributed by atoms with Crippen LogP contribution >= 0.6 is 15.9 Å². The van der Waals surface area contributed by atoms with Gasteiger partial charge in [0, 0.05) is 18.6 Å². The van der Waals surface area contributed by atoms with Crippen LogP contribution in [0.3, 0.4) is 0 Å². The molecule has 0 aliphatic heterocycles. The van der Waals surface area contributed by atoms with Crippen molar-refractivity contribution in [1.29, 1.82) is 0 Å². The summed E-state index contributed by atoms with van der Waals surface area (Å²) in [6, 6.07) is 7.04. The first-order valence-corrected chi connectivity index (χ1v) is 5.83. The number of carbonyl (C=O) groups is 1. The van der Waals surface area contributed by atoms with Gasteiger partial charge in [0.05, 0.1) is 11.9 Å². The van der Waals surface area contributed by atoms with E-state index in [-0.39, 0.29) is 12.4 Å². The minimum atomic E-state index is 0.0302. The molecule has 0 unspecified atom stereocenters. The molecule has 0 fully saturated rings. The average molecular weight is 273 g/mol. The van der Waals surface area contributed by atoms with Crippen molar-refractivity contribution in [2.75, 3.05) is 18.5 Å². The van der Waals surface area contributed by atoms with Gasteiger partial charge in [-0.05, 0) is 12.1 Å². The van der Waals surface area contributed by atoms with Crippen molar-refractivity contribution in [2.45, 2.75) is 6.42 Å². The largest absolute Gasteiger partial charge is 0.493 e. The molecule has 0 radical (unpaired) electrons. The van der Waals surface area contributed by atoms with E-state index in [0.29, 0.717) is 29.7 Å². The molecule has 1 N–H and O–H groups in total. The number of ether oxygens (including phenoxy) is 1. The van der Waals surface area contributed by atoms with Crippen molar-refractivity contribution in [3.8, 4) is 5.75 Å². The molecule has 0 saturated heterocycles. The Morgan fingerprint density at radius 2 is 2.27 bits per heavy atom. The first kappa shape index (κ1) is 12.2. The molecule has 15 heavy (non-hydrogen) atoms. The van der Waals surface area contributed by atoms with Gasteiger partial charge in [0.15, 0.2) is 5.78 Å². The molecule has 4 heteroatoms. The van der Waals surface area contributed by atoms with Crippen LogP contribution in [0.25, 0.3) is 0 Å². The fraction of sp³-hybridized carbons (Fsp3) is 0.364. The first-order chi connectivity index (χ1) is 7.27. The first-order valence-electron chi connectivity index (χ1n) is 4.71. The molecule has 0 aliphatic rings. The highest BCUT2D eigenvalue weighted by Gasteiger charge is 2.04. The Morgan fingerprint density at radius 1 is 1.47 bits per heavy atom.